The van der Waals surface area contributed by atoms with Gasteiger partial charge < -0.3 is 9.84 Å². The smallest absolute Gasteiger partial charge is 0.182 e. The van der Waals surface area contributed by atoms with Gasteiger partial charge in [-0.05, 0) is 0 Å². The van der Waals surface area contributed by atoms with E-state index in [1.165, 1.54) is 12.7 Å². The first-order valence-electron chi connectivity index (χ1n) is 1.78. The molecule has 0 fully saturated rings. The third kappa shape index (κ3) is 0.690. The van der Waals surface area contributed by atoms with Crippen molar-refractivity contribution in [3.63, 3.8) is 0 Å². The van der Waals surface area contributed by atoms with Crippen LogP contribution < -0.4 is 11.3 Å². The molecule has 7 heavy (non-hydrogen) atoms. The average Bonchev–Trinajstić information content (AvgIpc) is 2.14. The third-order valence-electron chi connectivity index (χ3n) is 0.580. The van der Waals surface area contributed by atoms with Crippen LogP contribution in [0.3, 0.4) is 0 Å². The first-order valence-corrected chi connectivity index (χ1v) is 1.78. The van der Waals surface area contributed by atoms with Crippen molar-refractivity contribution >= 4 is 5.82 Å². The molecular weight excluding hydrogens is 94.1 g/mol. The summed E-state index contributed by atoms with van der Waals surface area (Å²) in [4.78, 5) is 3.63. The number of anilines is 1. The van der Waals surface area contributed by atoms with Gasteiger partial charge in [0.1, 0.15) is 6.26 Å². The topological polar surface area (TPSA) is 64.1 Å². The number of hydrogen-bond donors (Lipinski definition) is 2. The van der Waals surface area contributed by atoms with Crippen molar-refractivity contribution in [1.82, 2.24) is 4.98 Å². The molecule has 0 spiro atoms. The van der Waals surface area contributed by atoms with E-state index in [1.807, 2.05) is 0 Å². The van der Waals surface area contributed by atoms with E-state index in [9.17, 15) is 0 Å². The fourth-order valence-electron chi connectivity index (χ4n) is 0.284. The highest BCUT2D eigenvalue weighted by Crippen LogP contribution is 1.95. The number of hydrogen-bond acceptors (Lipinski definition) is 4. The molecule has 0 aliphatic heterocycles. The Morgan fingerprint density at radius 2 is 2.71 bits per heavy atom. The Hall–Kier alpha value is -1.03. The maximum Gasteiger partial charge on any atom is 0.182 e. The Bertz CT molecular complexity index is 125. The summed E-state index contributed by atoms with van der Waals surface area (Å²) in [6, 6.07) is 0. The van der Waals surface area contributed by atoms with Crippen molar-refractivity contribution in [2.45, 2.75) is 0 Å². The van der Waals surface area contributed by atoms with E-state index in [4.69, 9.17) is 5.84 Å². The van der Waals surface area contributed by atoms with Crippen LogP contribution in [0, 0.1) is 0 Å². The van der Waals surface area contributed by atoms with Crippen molar-refractivity contribution in [2.24, 2.45) is 5.84 Å². The number of nitrogen functional groups attached to an aromatic ring is 1. The Morgan fingerprint density at radius 1 is 1.86 bits per heavy atom. The zero-order valence-electron chi connectivity index (χ0n) is 3.59. The maximum absolute atomic E-state index is 4.92. The SMILES string of the molecule is NNc1cocn1. The van der Waals surface area contributed by atoms with E-state index < -0.39 is 0 Å². The van der Waals surface area contributed by atoms with Crippen LogP contribution in [0.2, 0.25) is 0 Å². The molecule has 0 aromatic carbocycles. The molecule has 38 valence electrons. The molecule has 1 aromatic heterocycles. The van der Waals surface area contributed by atoms with Gasteiger partial charge in [-0.2, -0.15) is 4.98 Å². The number of nitrogens with one attached hydrogen (secondary N) is 1. The number of oxazole rings is 1. The van der Waals surface area contributed by atoms with Gasteiger partial charge in [0.25, 0.3) is 0 Å². The Balaban J connectivity index is 2.76. The van der Waals surface area contributed by atoms with E-state index in [0.29, 0.717) is 5.82 Å². The summed E-state index contributed by atoms with van der Waals surface area (Å²) in [6.07, 6.45) is 2.72. The number of nitrogens with two attached hydrogens (primary N) is 1. The molecule has 0 radical (unpaired) electrons. The van der Waals surface area contributed by atoms with Crippen LogP contribution >= 0.6 is 0 Å². The molecule has 1 rings (SSSR count). The summed E-state index contributed by atoms with van der Waals surface area (Å²) in [5.74, 6) is 5.46. The summed E-state index contributed by atoms with van der Waals surface area (Å²) in [6.45, 7) is 0. The predicted octanol–water partition coefficient (Wildman–Crippen LogP) is -0.0398. The lowest BCUT2D eigenvalue weighted by Gasteiger charge is -1.83. The second-order valence-corrected chi connectivity index (χ2v) is 1.02. The molecule has 1 aromatic rings. The van der Waals surface area contributed by atoms with Crippen LogP contribution in [-0.4, -0.2) is 4.98 Å². The molecule has 4 heteroatoms. The Kier molecular flexibility index (Phi) is 0.953. The minimum absolute atomic E-state index is 0.542. The molecular formula is C3H5N3O. The van der Waals surface area contributed by atoms with E-state index in [0.717, 1.165) is 0 Å². The number of aromatic nitrogens is 1. The molecule has 0 saturated carbocycles. The fourth-order valence-corrected chi connectivity index (χ4v) is 0.284. The molecule has 4 nitrogen and oxygen atoms in total. The Morgan fingerprint density at radius 3 is 3.00 bits per heavy atom. The van der Waals surface area contributed by atoms with Crippen LogP contribution in [0.1, 0.15) is 0 Å². The highest BCUT2D eigenvalue weighted by atomic mass is 16.3. The van der Waals surface area contributed by atoms with Crippen LogP contribution in [0.25, 0.3) is 0 Å². The van der Waals surface area contributed by atoms with Gasteiger partial charge in [-0.1, -0.05) is 0 Å². The summed E-state index contributed by atoms with van der Waals surface area (Å²) in [5.41, 5.74) is 2.30. The van der Waals surface area contributed by atoms with Gasteiger partial charge in [-0.15, -0.1) is 0 Å². The minimum atomic E-state index is 0.542. The quantitative estimate of drug-likeness (QED) is 0.383. The summed E-state index contributed by atoms with van der Waals surface area (Å²) < 4.78 is 4.55. The maximum atomic E-state index is 4.92. The van der Waals surface area contributed by atoms with Gasteiger partial charge in [0.15, 0.2) is 12.2 Å². The summed E-state index contributed by atoms with van der Waals surface area (Å²) in [7, 11) is 0. The van der Waals surface area contributed by atoms with Crippen molar-refractivity contribution in [2.75, 3.05) is 5.43 Å². The lowest BCUT2D eigenvalue weighted by atomic mass is 10.8. The van der Waals surface area contributed by atoms with Crippen LogP contribution in [-0.2, 0) is 0 Å². The summed E-state index contributed by atoms with van der Waals surface area (Å²) >= 11 is 0. The van der Waals surface area contributed by atoms with Gasteiger partial charge >= 0.3 is 0 Å². The molecule has 1 heterocycles. The molecule has 0 saturated heterocycles. The highest BCUT2D eigenvalue weighted by Gasteiger charge is 1.84. The van der Waals surface area contributed by atoms with E-state index in [2.05, 4.69) is 14.8 Å². The highest BCUT2D eigenvalue weighted by molar-refractivity contribution is 5.25. The third-order valence-corrected chi connectivity index (χ3v) is 0.580. The van der Waals surface area contributed by atoms with Crippen molar-refractivity contribution in [3.8, 4) is 0 Å². The summed E-state index contributed by atoms with van der Waals surface area (Å²) in [5, 5.41) is 0. The molecule has 0 aliphatic rings. The van der Waals surface area contributed by atoms with Gasteiger partial charge in [0, 0.05) is 0 Å². The largest absolute Gasteiger partial charge is 0.449 e. The molecule has 0 bridgehead atoms. The minimum Gasteiger partial charge on any atom is -0.449 e. The number of hydrazine groups is 1. The van der Waals surface area contributed by atoms with Crippen LogP contribution in [0.5, 0.6) is 0 Å². The Labute approximate surface area is 40.3 Å². The average molecular weight is 99.1 g/mol. The zero-order valence-corrected chi connectivity index (χ0v) is 3.59. The van der Waals surface area contributed by atoms with Gasteiger partial charge in [-0.3, -0.25) is 0 Å². The van der Waals surface area contributed by atoms with Crippen molar-refractivity contribution in [3.05, 3.63) is 12.7 Å². The number of nitrogens with zero attached hydrogens (tertiary/aromatic N) is 1. The second-order valence-electron chi connectivity index (χ2n) is 1.02. The predicted molar refractivity (Wildman–Crippen MR) is 24.3 cm³/mol. The molecule has 0 amide bonds. The lowest BCUT2D eigenvalue weighted by molar-refractivity contribution is 0.558. The molecule has 0 unspecified atom stereocenters. The standard InChI is InChI=1S/C3H5N3O/c4-6-3-1-7-2-5-3/h1-2,6H,4H2. The van der Waals surface area contributed by atoms with Gasteiger partial charge in [0.05, 0.1) is 0 Å². The molecule has 0 aliphatic carbocycles. The molecule has 3 N–H and O–H groups in total. The van der Waals surface area contributed by atoms with Gasteiger partial charge in [0.2, 0.25) is 0 Å². The van der Waals surface area contributed by atoms with Crippen LogP contribution in [0.4, 0.5) is 5.82 Å². The van der Waals surface area contributed by atoms with Crippen LogP contribution in [0.15, 0.2) is 17.1 Å². The van der Waals surface area contributed by atoms with Crippen molar-refractivity contribution in [1.29, 1.82) is 0 Å². The second kappa shape index (κ2) is 1.61. The monoisotopic (exact) mass is 99.0 g/mol. The van der Waals surface area contributed by atoms with E-state index >= 15 is 0 Å². The zero-order chi connectivity index (χ0) is 5.11. The fraction of sp³-hybridized carbons (Fsp3) is 0. The normalized spacial score (nSPS) is 8.71. The number of rotatable bonds is 1. The van der Waals surface area contributed by atoms with Gasteiger partial charge in [-0.25, -0.2) is 5.84 Å². The lowest BCUT2D eigenvalue weighted by Crippen LogP contribution is -2.06. The van der Waals surface area contributed by atoms with E-state index in [1.54, 1.807) is 0 Å². The molecule has 0 atom stereocenters. The first kappa shape index (κ1) is 4.14. The van der Waals surface area contributed by atoms with Crippen molar-refractivity contribution < 1.29 is 4.42 Å². The van der Waals surface area contributed by atoms with E-state index in [-0.39, 0.29) is 0 Å². The first-order chi connectivity index (χ1) is 3.43.